The van der Waals surface area contributed by atoms with E-state index in [1.165, 1.54) is 9.13 Å². The van der Waals surface area contributed by atoms with Crippen LogP contribution in [0, 0.1) is 3.57 Å². The second-order valence-corrected chi connectivity index (χ2v) is 6.18. The van der Waals surface area contributed by atoms with E-state index in [-0.39, 0.29) is 6.04 Å². The maximum absolute atomic E-state index is 6.39. The van der Waals surface area contributed by atoms with E-state index >= 15 is 0 Å². The molecule has 1 atom stereocenters. The van der Waals surface area contributed by atoms with Gasteiger partial charge in [0.2, 0.25) is 0 Å². The molecule has 0 spiro atoms. The van der Waals surface area contributed by atoms with E-state index in [0.29, 0.717) is 0 Å². The number of hydrogen-bond acceptors (Lipinski definition) is 2. The van der Waals surface area contributed by atoms with E-state index < -0.39 is 0 Å². The molecule has 1 heterocycles. The molecule has 0 bridgehead atoms. The van der Waals surface area contributed by atoms with Gasteiger partial charge in [0, 0.05) is 10.1 Å². The maximum Gasteiger partial charge on any atom is 0.0837 e. The Hall–Kier alpha value is -0.590. The highest BCUT2D eigenvalue weighted by Gasteiger charge is 2.22. The van der Waals surface area contributed by atoms with Crippen molar-refractivity contribution in [3.63, 3.8) is 0 Å². The van der Waals surface area contributed by atoms with Crippen LogP contribution in [0.3, 0.4) is 0 Å². The van der Waals surface area contributed by atoms with Crippen LogP contribution in [-0.2, 0) is 6.54 Å². The van der Waals surface area contributed by atoms with Gasteiger partial charge in [-0.25, -0.2) is 0 Å². The summed E-state index contributed by atoms with van der Waals surface area (Å²) in [5.74, 6) is 0. The summed E-state index contributed by atoms with van der Waals surface area (Å²) >= 11 is 8.76. The van der Waals surface area contributed by atoms with Crippen LogP contribution < -0.4 is 5.32 Å². The van der Waals surface area contributed by atoms with Crippen molar-refractivity contribution in [3.05, 3.63) is 50.3 Å². The van der Waals surface area contributed by atoms with Gasteiger partial charge in [-0.1, -0.05) is 43.6 Å². The summed E-state index contributed by atoms with van der Waals surface area (Å²) in [6.07, 6.45) is 2.78. The molecule has 5 heteroatoms. The first-order valence-electron chi connectivity index (χ1n) is 6.88. The van der Waals surface area contributed by atoms with Crippen molar-refractivity contribution in [3.8, 4) is 0 Å². The first-order valence-corrected chi connectivity index (χ1v) is 8.33. The summed E-state index contributed by atoms with van der Waals surface area (Å²) in [5.41, 5.74) is 2.30. The Morgan fingerprint density at radius 1 is 1.35 bits per heavy atom. The average Bonchev–Trinajstić information content (AvgIpc) is 2.79. The minimum Gasteiger partial charge on any atom is -0.305 e. The Morgan fingerprint density at radius 3 is 2.75 bits per heavy atom. The summed E-state index contributed by atoms with van der Waals surface area (Å²) in [4.78, 5) is 0. The molecule has 0 saturated heterocycles. The number of aryl methyl sites for hydroxylation is 1. The number of halogens is 2. The number of aromatic nitrogens is 2. The van der Waals surface area contributed by atoms with Gasteiger partial charge in [0.15, 0.2) is 0 Å². The summed E-state index contributed by atoms with van der Waals surface area (Å²) in [7, 11) is 0. The fourth-order valence-corrected chi connectivity index (χ4v) is 3.27. The summed E-state index contributed by atoms with van der Waals surface area (Å²) < 4.78 is 3.25. The molecule has 1 aromatic carbocycles. The number of nitrogens with one attached hydrogen (secondary N) is 1. The van der Waals surface area contributed by atoms with Gasteiger partial charge in [0.1, 0.15) is 0 Å². The van der Waals surface area contributed by atoms with Crippen LogP contribution in [0.2, 0.25) is 5.02 Å². The zero-order valence-corrected chi connectivity index (χ0v) is 14.6. The molecular weight excluding hydrogens is 385 g/mol. The number of rotatable bonds is 6. The van der Waals surface area contributed by atoms with E-state index in [1.54, 1.807) is 6.20 Å². The van der Waals surface area contributed by atoms with Crippen LogP contribution in [0.1, 0.15) is 37.6 Å². The van der Waals surface area contributed by atoms with Crippen LogP contribution in [0.4, 0.5) is 0 Å². The van der Waals surface area contributed by atoms with Gasteiger partial charge in [-0.05, 0) is 47.2 Å². The Balaban J connectivity index is 2.49. The predicted octanol–water partition coefficient (Wildman–Crippen LogP) is 4.25. The fourth-order valence-electron chi connectivity index (χ4n) is 2.32. The third-order valence-corrected chi connectivity index (χ3v) is 4.44. The van der Waals surface area contributed by atoms with Crippen molar-refractivity contribution in [2.45, 2.75) is 32.9 Å². The van der Waals surface area contributed by atoms with Gasteiger partial charge >= 0.3 is 0 Å². The van der Waals surface area contributed by atoms with Crippen LogP contribution in [0.25, 0.3) is 0 Å². The van der Waals surface area contributed by atoms with Crippen LogP contribution in [0.15, 0.2) is 30.5 Å². The van der Waals surface area contributed by atoms with Crippen LogP contribution in [-0.4, -0.2) is 16.3 Å². The first-order chi connectivity index (χ1) is 9.69. The lowest BCUT2D eigenvalue weighted by Crippen LogP contribution is -2.26. The molecule has 2 aromatic rings. The van der Waals surface area contributed by atoms with Crippen molar-refractivity contribution in [2.75, 3.05) is 6.54 Å². The van der Waals surface area contributed by atoms with Crippen LogP contribution in [0.5, 0.6) is 0 Å². The van der Waals surface area contributed by atoms with Gasteiger partial charge in [-0.2, -0.15) is 5.10 Å². The van der Waals surface area contributed by atoms with Crippen molar-refractivity contribution in [2.24, 2.45) is 0 Å². The molecule has 20 heavy (non-hydrogen) atoms. The van der Waals surface area contributed by atoms with Gasteiger partial charge < -0.3 is 5.32 Å². The number of hydrogen-bond donors (Lipinski definition) is 1. The maximum atomic E-state index is 6.39. The van der Waals surface area contributed by atoms with E-state index in [9.17, 15) is 0 Å². The molecule has 1 unspecified atom stereocenters. The topological polar surface area (TPSA) is 29.9 Å². The standard InChI is InChI=1S/C15H19ClIN3/c1-3-9-20-15(12(16)10-19-20)14(18-4-2)11-7-5-6-8-13(11)17/h5-8,10,14,18H,3-4,9H2,1-2H3. The van der Waals surface area contributed by atoms with Gasteiger partial charge in [0.25, 0.3) is 0 Å². The Morgan fingerprint density at radius 2 is 2.10 bits per heavy atom. The van der Waals surface area contributed by atoms with Crippen molar-refractivity contribution >= 4 is 34.2 Å². The molecule has 2 rings (SSSR count). The molecule has 0 saturated carbocycles. The molecule has 0 aliphatic carbocycles. The highest BCUT2D eigenvalue weighted by atomic mass is 127. The van der Waals surface area contributed by atoms with Crippen molar-refractivity contribution < 1.29 is 0 Å². The minimum atomic E-state index is 0.0784. The summed E-state index contributed by atoms with van der Waals surface area (Å²) in [5, 5.41) is 8.66. The molecule has 0 amide bonds. The zero-order chi connectivity index (χ0) is 14.5. The molecule has 0 aliphatic rings. The molecule has 1 aromatic heterocycles. The third kappa shape index (κ3) is 3.35. The monoisotopic (exact) mass is 403 g/mol. The van der Waals surface area contributed by atoms with Crippen molar-refractivity contribution in [1.82, 2.24) is 15.1 Å². The highest BCUT2D eigenvalue weighted by molar-refractivity contribution is 14.1. The highest BCUT2D eigenvalue weighted by Crippen LogP contribution is 2.31. The Bertz CT molecular complexity index is 568. The SMILES string of the molecule is CCCn1ncc(Cl)c1C(NCC)c1ccccc1I. The molecule has 3 nitrogen and oxygen atoms in total. The van der Waals surface area contributed by atoms with Gasteiger partial charge in [-0.15, -0.1) is 0 Å². The fraction of sp³-hybridized carbons (Fsp3) is 0.400. The average molecular weight is 404 g/mol. The van der Waals surface area contributed by atoms with Gasteiger partial charge in [0.05, 0.1) is 23.0 Å². The third-order valence-electron chi connectivity index (χ3n) is 3.17. The van der Waals surface area contributed by atoms with E-state index in [1.807, 2.05) is 4.68 Å². The van der Waals surface area contributed by atoms with E-state index in [4.69, 9.17) is 11.6 Å². The number of benzene rings is 1. The second kappa shape index (κ2) is 7.43. The first kappa shape index (κ1) is 15.8. The quantitative estimate of drug-likeness (QED) is 0.731. The predicted molar refractivity (Wildman–Crippen MR) is 92.2 cm³/mol. The van der Waals surface area contributed by atoms with Gasteiger partial charge in [-0.3, -0.25) is 4.68 Å². The molecule has 0 radical (unpaired) electrons. The zero-order valence-electron chi connectivity index (χ0n) is 11.7. The largest absolute Gasteiger partial charge is 0.305 e. The molecule has 0 aliphatic heterocycles. The van der Waals surface area contributed by atoms with Crippen LogP contribution >= 0.6 is 34.2 Å². The molecular formula is C15H19ClIN3. The summed E-state index contributed by atoms with van der Waals surface area (Å²) in [6.45, 7) is 6.02. The lowest BCUT2D eigenvalue weighted by Gasteiger charge is -2.21. The Labute approximate surface area is 138 Å². The molecule has 1 N–H and O–H groups in total. The smallest absolute Gasteiger partial charge is 0.0837 e. The summed E-state index contributed by atoms with van der Waals surface area (Å²) in [6, 6.07) is 8.47. The lowest BCUT2D eigenvalue weighted by atomic mass is 10.0. The van der Waals surface area contributed by atoms with E-state index in [2.05, 4.69) is 71.1 Å². The molecule has 0 fully saturated rings. The van der Waals surface area contributed by atoms with Crippen molar-refractivity contribution in [1.29, 1.82) is 0 Å². The molecule has 108 valence electrons. The normalized spacial score (nSPS) is 12.6. The van der Waals surface area contributed by atoms with E-state index in [0.717, 1.165) is 30.2 Å². The lowest BCUT2D eigenvalue weighted by molar-refractivity contribution is 0.519. The second-order valence-electron chi connectivity index (χ2n) is 4.61. The minimum absolute atomic E-state index is 0.0784. The Kier molecular flexibility index (Phi) is 5.86. The number of nitrogens with zero attached hydrogens (tertiary/aromatic N) is 2.